The predicted molar refractivity (Wildman–Crippen MR) is 125 cm³/mol. The molecule has 0 saturated heterocycles. The van der Waals surface area contributed by atoms with Crippen LogP contribution in [0.2, 0.25) is 0 Å². The minimum atomic E-state index is -0.307. The summed E-state index contributed by atoms with van der Waals surface area (Å²) >= 11 is 0. The van der Waals surface area contributed by atoms with Crippen molar-refractivity contribution < 1.29 is 23.9 Å². The van der Waals surface area contributed by atoms with Crippen LogP contribution in [0.25, 0.3) is 10.8 Å². The van der Waals surface area contributed by atoms with E-state index in [1.165, 1.54) is 4.90 Å². The Balaban J connectivity index is 1.29. The van der Waals surface area contributed by atoms with Crippen molar-refractivity contribution in [3.63, 3.8) is 0 Å². The first-order chi connectivity index (χ1) is 16.0. The molecule has 7 heteroatoms. The molecule has 1 N–H and O–H groups in total. The standard InChI is InChI=1S/C26H26N2O5/c1-32-21-12-11-17(16-22(21)33-2)13-14-27-23(29)10-5-15-28-25(30)19-8-3-6-18-7-4-9-20(24(18)19)26(28)31/h3-4,6-9,11-12,16H,5,10,13-15H2,1-2H3,(H,27,29). The SMILES string of the molecule is COc1ccc(CCNC(=O)CCCN2C(=O)c3cccc4cccc(c34)C2=O)cc1OC. The first-order valence-corrected chi connectivity index (χ1v) is 10.9. The van der Waals surface area contributed by atoms with Crippen molar-refractivity contribution in [3.8, 4) is 11.5 Å². The molecule has 1 heterocycles. The van der Waals surface area contributed by atoms with Gasteiger partial charge in [-0.15, -0.1) is 0 Å². The van der Waals surface area contributed by atoms with Crippen molar-refractivity contribution >= 4 is 28.5 Å². The van der Waals surface area contributed by atoms with Crippen molar-refractivity contribution in [2.45, 2.75) is 19.3 Å². The van der Waals surface area contributed by atoms with E-state index in [-0.39, 0.29) is 30.7 Å². The van der Waals surface area contributed by atoms with E-state index in [0.717, 1.165) is 10.9 Å². The molecule has 3 aromatic rings. The number of rotatable bonds is 9. The number of benzene rings is 3. The molecule has 3 amide bonds. The quantitative estimate of drug-likeness (QED) is 0.508. The van der Waals surface area contributed by atoms with Crippen LogP contribution in [-0.4, -0.2) is 49.9 Å². The van der Waals surface area contributed by atoms with Crippen molar-refractivity contribution in [3.05, 3.63) is 71.3 Å². The molecule has 3 aromatic carbocycles. The van der Waals surface area contributed by atoms with Gasteiger partial charge >= 0.3 is 0 Å². The molecule has 170 valence electrons. The van der Waals surface area contributed by atoms with Crippen LogP contribution >= 0.6 is 0 Å². The Hall–Kier alpha value is -3.87. The first kappa shape index (κ1) is 22.3. The number of hydrogen-bond acceptors (Lipinski definition) is 5. The average Bonchev–Trinajstić information content (AvgIpc) is 2.84. The Labute approximate surface area is 192 Å². The van der Waals surface area contributed by atoms with Crippen LogP contribution in [0.4, 0.5) is 0 Å². The van der Waals surface area contributed by atoms with Gasteiger partial charge in [0, 0.05) is 36.0 Å². The van der Waals surface area contributed by atoms with Crippen LogP contribution in [0.1, 0.15) is 39.1 Å². The zero-order valence-electron chi connectivity index (χ0n) is 18.7. The lowest BCUT2D eigenvalue weighted by molar-refractivity contribution is -0.121. The molecule has 1 aliphatic heterocycles. The Kier molecular flexibility index (Phi) is 6.58. The summed E-state index contributed by atoms with van der Waals surface area (Å²) in [5.74, 6) is 0.576. The molecule has 0 aliphatic carbocycles. The molecular formula is C26H26N2O5. The molecule has 4 rings (SSSR count). The van der Waals surface area contributed by atoms with Crippen molar-refractivity contribution in [1.82, 2.24) is 10.2 Å². The monoisotopic (exact) mass is 446 g/mol. The third kappa shape index (κ3) is 4.53. The van der Waals surface area contributed by atoms with E-state index >= 15 is 0 Å². The number of amides is 3. The van der Waals surface area contributed by atoms with Crippen LogP contribution < -0.4 is 14.8 Å². The van der Waals surface area contributed by atoms with Gasteiger partial charge in [0.2, 0.25) is 5.91 Å². The summed E-state index contributed by atoms with van der Waals surface area (Å²) in [7, 11) is 3.17. The topological polar surface area (TPSA) is 84.9 Å². The molecule has 1 aliphatic rings. The van der Waals surface area contributed by atoms with E-state index in [9.17, 15) is 14.4 Å². The molecule has 0 unspecified atom stereocenters. The summed E-state index contributed by atoms with van der Waals surface area (Å²) < 4.78 is 10.5. The van der Waals surface area contributed by atoms with Crippen LogP contribution in [-0.2, 0) is 11.2 Å². The third-order valence-electron chi connectivity index (χ3n) is 5.83. The van der Waals surface area contributed by atoms with E-state index in [2.05, 4.69) is 5.32 Å². The zero-order valence-corrected chi connectivity index (χ0v) is 18.7. The number of carbonyl (C=O) groups is 3. The van der Waals surface area contributed by atoms with Gasteiger partial charge in [-0.25, -0.2) is 0 Å². The fourth-order valence-electron chi connectivity index (χ4n) is 4.15. The summed E-state index contributed by atoms with van der Waals surface area (Å²) in [4.78, 5) is 39.3. The minimum absolute atomic E-state index is 0.116. The number of hydrogen-bond donors (Lipinski definition) is 1. The number of methoxy groups -OCH3 is 2. The maximum atomic E-state index is 12.9. The van der Waals surface area contributed by atoms with Crippen LogP contribution in [0.15, 0.2) is 54.6 Å². The smallest absolute Gasteiger partial charge is 0.261 e. The molecule has 7 nitrogen and oxygen atoms in total. The lowest BCUT2D eigenvalue weighted by Gasteiger charge is -2.27. The van der Waals surface area contributed by atoms with Gasteiger partial charge < -0.3 is 14.8 Å². The highest BCUT2D eigenvalue weighted by Gasteiger charge is 2.32. The average molecular weight is 447 g/mol. The maximum absolute atomic E-state index is 12.9. The third-order valence-corrected chi connectivity index (χ3v) is 5.83. The van der Waals surface area contributed by atoms with E-state index in [0.29, 0.717) is 47.4 Å². The Morgan fingerprint density at radius 3 is 2.21 bits per heavy atom. The Morgan fingerprint density at radius 2 is 1.58 bits per heavy atom. The lowest BCUT2D eigenvalue weighted by Crippen LogP contribution is -2.41. The highest BCUT2D eigenvalue weighted by Crippen LogP contribution is 2.30. The van der Waals surface area contributed by atoms with E-state index in [1.54, 1.807) is 26.4 Å². The van der Waals surface area contributed by atoms with Gasteiger partial charge in [-0.2, -0.15) is 0 Å². The normalized spacial score (nSPS) is 12.7. The van der Waals surface area contributed by atoms with E-state index < -0.39 is 0 Å². The van der Waals surface area contributed by atoms with Gasteiger partial charge in [-0.1, -0.05) is 30.3 Å². The van der Waals surface area contributed by atoms with Crippen molar-refractivity contribution in [2.75, 3.05) is 27.3 Å². The lowest BCUT2D eigenvalue weighted by atomic mass is 9.94. The summed E-state index contributed by atoms with van der Waals surface area (Å²) in [6.45, 7) is 0.677. The zero-order chi connectivity index (χ0) is 23.4. The predicted octanol–water partition coefficient (Wildman–Crippen LogP) is 3.59. The molecule has 0 radical (unpaired) electrons. The minimum Gasteiger partial charge on any atom is -0.493 e. The van der Waals surface area contributed by atoms with Crippen molar-refractivity contribution in [1.29, 1.82) is 0 Å². The van der Waals surface area contributed by atoms with Gasteiger partial charge in [0.05, 0.1) is 14.2 Å². The van der Waals surface area contributed by atoms with Crippen LogP contribution in [0, 0.1) is 0 Å². The van der Waals surface area contributed by atoms with E-state index in [1.807, 2.05) is 42.5 Å². The highest BCUT2D eigenvalue weighted by atomic mass is 16.5. The van der Waals surface area contributed by atoms with Crippen LogP contribution in [0.5, 0.6) is 11.5 Å². The molecule has 0 bridgehead atoms. The van der Waals surface area contributed by atoms with Gasteiger partial charge in [0.25, 0.3) is 11.8 Å². The highest BCUT2D eigenvalue weighted by molar-refractivity contribution is 6.25. The van der Waals surface area contributed by atoms with Gasteiger partial charge in [0.15, 0.2) is 11.5 Å². The van der Waals surface area contributed by atoms with Gasteiger partial charge in [-0.3, -0.25) is 19.3 Å². The van der Waals surface area contributed by atoms with Gasteiger partial charge in [-0.05, 0) is 48.1 Å². The second-order valence-corrected chi connectivity index (χ2v) is 7.86. The number of imide groups is 1. The molecule has 0 fully saturated rings. The Morgan fingerprint density at radius 1 is 0.909 bits per heavy atom. The fourth-order valence-corrected chi connectivity index (χ4v) is 4.15. The number of nitrogens with zero attached hydrogens (tertiary/aromatic N) is 1. The number of carbonyl (C=O) groups excluding carboxylic acids is 3. The summed E-state index contributed by atoms with van der Waals surface area (Å²) in [6.07, 6.45) is 1.28. The molecule has 0 aromatic heterocycles. The summed E-state index contributed by atoms with van der Waals surface area (Å²) in [5, 5.41) is 4.47. The summed E-state index contributed by atoms with van der Waals surface area (Å²) in [6, 6.07) is 16.6. The molecule has 33 heavy (non-hydrogen) atoms. The van der Waals surface area contributed by atoms with Gasteiger partial charge in [0.1, 0.15) is 0 Å². The fraction of sp³-hybridized carbons (Fsp3) is 0.269. The number of nitrogens with one attached hydrogen (secondary N) is 1. The first-order valence-electron chi connectivity index (χ1n) is 10.9. The maximum Gasteiger partial charge on any atom is 0.261 e. The molecule has 0 atom stereocenters. The summed E-state index contributed by atoms with van der Waals surface area (Å²) in [5.41, 5.74) is 2.08. The molecule has 0 saturated carbocycles. The molecule has 0 spiro atoms. The van der Waals surface area contributed by atoms with Crippen molar-refractivity contribution in [2.24, 2.45) is 0 Å². The second-order valence-electron chi connectivity index (χ2n) is 7.86. The van der Waals surface area contributed by atoms with E-state index in [4.69, 9.17) is 9.47 Å². The second kappa shape index (κ2) is 9.73. The Bertz CT molecular complexity index is 1170. The van der Waals surface area contributed by atoms with Crippen LogP contribution in [0.3, 0.4) is 0 Å². The largest absolute Gasteiger partial charge is 0.493 e. The molecular weight excluding hydrogens is 420 g/mol. The number of ether oxygens (including phenoxy) is 2.